The zero-order valence-corrected chi connectivity index (χ0v) is 19.5. The number of allylic oxidation sites excluding steroid dienone is 2. The van der Waals surface area contributed by atoms with Crippen molar-refractivity contribution in [2.75, 3.05) is 18.4 Å². The fraction of sp³-hybridized carbons (Fsp3) is 0.417. The molecule has 3 unspecified atom stereocenters. The molecular weight excluding hydrogens is 460 g/mol. The Kier molecular flexibility index (Phi) is 5.28. The third kappa shape index (κ3) is 3.53. The molecule has 158 valence electrons. The van der Waals surface area contributed by atoms with E-state index in [1.807, 2.05) is 12.1 Å². The summed E-state index contributed by atoms with van der Waals surface area (Å²) in [6.07, 6.45) is 7.38. The number of rotatable bonds is 3. The first-order valence-electron chi connectivity index (χ1n) is 10.8. The SMILES string of the molecule is CC1CCN(S(=O)(=O)c2ccc3c(c2)C2C=CCC2C(c2ccc(Br)cc2)N3)CC1. The number of piperidine rings is 1. The average molecular weight is 487 g/mol. The van der Waals surface area contributed by atoms with Crippen molar-refractivity contribution >= 4 is 31.6 Å². The monoisotopic (exact) mass is 486 g/mol. The van der Waals surface area contributed by atoms with Gasteiger partial charge >= 0.3 is 0 Å². The predicted molar refractivity (Wildman–Crippen MR) is 124 cm³/mol. The van der Waals surface area contributed by atoms with E-state index in [0.717, 1.165) is 35.0 Å². The van der Waals surface area contributed by atoms with Gasteiger partial charge in [0.05, 0.1) is 10.9 Å². The summed E-state index contributed by atoms with van der Waals surface area (Å²) < 4.78 is 29.3. The average Bonchev–Trinajstić information content (AvgIpc) is 3.24. The van der Waals surface area contributed by atoms with Crippen molar-refractivity contribution in [2.24, 2.45) is 11.8 Å². The lowest BCUT2D eigenvalue weighted by Gasteiger charge is -2.38. The number of sulfonamides is 1. The van der Waals surface area contributed by atoms with Crippen molar-refractivity contribution in [1.29, 1.82) is 0 Å². The van der Waals surface area contributed by atoms with Crippen LogP contribution in [0.2, 0.25) is 0 Å². The van der Waals surface area contributed by atoms with Crippen LogP contribution in [0.25, 0.3) is 0 Å². The lowest BCUT2D eigenvalue weighted by atomic mass is 9.77. The largest absolute Gasteiger partial charge is 0.378 e. The molecule has 3 aliphatic rings. The molecule has 3 atom stereocenters. The van der Waals surface area contributed by atoms with Crippen molar-refractivity contribution in [3.63, 3.8) is 0 Å². The molecule has 0 aromatic heterocycles. The summed E-state index contributed by atoms with van der Waals surface area (Å²) in [5.41, 5.74) is 3.41. The van der Waals surface area contributed by atoms with Gasteiger partial charge in [0.25, 0.3) is 0 Å². The maximum absolute atomic E-state index is 13.3. The fourth-order valence-corrected chi connectivity index (χ4v) is 6.88. The maximum Gasteiger partial charge on any atom is 0.243 e. The molecule has 6 heteroatoms. The van der Waals surface area contributed by atoms with Crippen molar-refractivity contribution in [2.45, 2.75) is 43.0 Å². The number of nitrogens with one attached hydrogen (secondary N) is 1. The molecule has 1 aliphatic carbocycles. The van der Waals surface area contributed by atoms with E-state index in [2.05, 4.69) is 64.6 Å². The number of nitrogens with zero attached hydrogens (tertiary/aromatic N) is 1. The first kappa shape index (κ1) is 20.3. The van der Waals surface area contributed by atoms with E-state index in [0.29, 0.717) is 29.8 Å². The number of anilines is 1. The number of benzene rings is 2. The summed E-state index contributed by atoms with van der Waals surface area (Å²) in [5.74, 6) is 1.24. The van der Waals surface area contributed by atoms with Crippen LogP contribution in [-0.4, -0.2) is 25.8 Å². The van der Waals surface area contributed by atoms with Crippen molar-refractivity contribution in [3.05, 3.63) is 70.2 Å². The Hall–Kier alpha value is -1.63. The van der Waals surface area contributed by atoms with Gasteiger partial charge < -0.3 is 5.32 Å². The molecule has 0 spiro atoms. The van der Waals surface area contributed by atoms with Gasteiger partial charge in [0, 0.05) is 29.2 Å². The minimum atomic E-state index is -3.44. The molecule has 1 N–H and O–H groups in total. The second-order valence-corrected chi connectivity index (χ2v) is 11.7. The van der Waals surface area contributed by atoms with Gasteiger partial charge in [0.2, 0.25) is 10.0 Å². The molecule has 0 bridgehead atoms. The first-order chi connectivity index (χ1) is 14.4. The van der Waals surface area contributed by atoms with E-state index in [-0.39, 0.29) is 12.0 Å². The fourth-order valence-electron chi connectivity index (χ4n) is 5.11. The molecule has 0 radical (unpaired) electrons. The predicted octanol–water partition coefficient (Wildman–Crippen LogP) is 5.70. The van der Waals surface area contributed by atoms with Crippen molar-refractivity contribution in [3.8, 4) is 0 Å². The molecular formula is C24H27BrN2O2S. The zero-order chi connectivity index (χ0) is 20.9. The van der Waals surface area contributed by atoms with Crippen molar-refractivity contribution < 1.29 is 8.42 Å². The smallest absolute Gasteiger partial charge is 0.243 e. The normalized spacial score (nSPS) is 26.8. The summed E-state index contributed by atoms with van der Waals surface area (Å²) >= 11 is 3.52. The summed E-state index contributed by atoms with van der Waals surface area (Å²) in [6, 6.07) is 14.4. The molecule has 5 rings (SSSR count). The topological polar surface area (TPSA) is 49.4 Å². The third-order valence-electron chi connectivity index (χ3n) is 6.94. The molecule has 2 aliphatic heterocycles. The lowest BCUT2D eigenvalue weighted by Crippen LogP contribution is -2.38. The Morgan fingerprint density at radius 3 is 2.53 bits per heavy atom. The van der Waals surface area contributed by atoms with Crippen LogP contribution in [0, 0.1) is 11.8 Å². The van der Waals surface area contributed by atoms with E-state index in [9.17, 15) is 8.42 Å². The van der Waals surface area contributed by atoms with E-state index < -0.39 is 10.0 Å². The van der Waals surface area contributed by atoms with E-state index >= 15 is 0 Å². The third-order valence-corrected chi connectivity index (χ3v) is 9.37. The second-order valence-electron chi connectivity index (χ2n) is 8.86. The number of fused-ring (bicyclic) bond motifs is 3. The Balaban J connectivity index is 1.48. The number of hydrogen-bond donors (Lipinski definition) is 1. The molecule has 2 aromatic rings. The molecule has 30 heavy (non-hydrogen) atoms. The zero-order valence-electron chi connectivity index (χ0n) is 17.1. The highest BCUT2D eigenvalue weighted by Crippen LogP contribution is 2.50. The Labute approximate surface area is 187 Å². The summed E-state index contributed by atoms with van der Waals surface area (Å²) in [7, 11) is -3.44. The lowest BCUT2D eigenvalue weighted by molar-refractivity contribution is 0.288. The van der Waals surface area contributed by atoms with Crippen LogP contribution >= 0.6 is 15.9 Å². The van der Waals surface area contributed by atoms with Gasteiger partial charge in [-0.15, -0.1) is 0 Å². The summed E-state index contributed by atoms with van der Waals surface area (Å²) in [6.45, 7) is 3.44. The van der Waals surface area contributed by atoms with Gasteiger partial charge in [-0.25, -0.2) is 8.42 Å². The molecule has 4 nitrogen and oxygen atoms in total. The second kappa shape index (κ2) is 7.81. The van der Waals surface area contributed by atoms with Crippen LogP contribution in [0.4, 0.5) is 5.69 Å². The number of halogens is 1. The molecule has 1 saturated heterocycles. The van der Waals surface area contributed by atoms with Crippen LogP contribution in [-0.2, 0) is 10.0 Å². The molecule has 2 heterocycles. The Morgan fingerprint density at radius 2 is 1.80 bits per heavy atom. The highest BCUT2D eigenvalue weighted by atomic mass is 79.9. The molecule has 2 aromatic carbocycles. The van der Waals surface area contributed by atoms with Crippen LogP contribution < -0.4 is 5.32 Å². The van der Waals surface area contributed by atoms with Gasteiger partial charge in [-0.3, -0.25) is 0 Å². The van der Waals surface area contributed by atoms with Crippen molar-refractivity contribution in [1.82, 2.24) is 4.31 Å². The van der Waals surface area contributed by atoms with Crippen LogP contribution in [0.1, 0.15) is 49.3 Å². The summed E-state index contributed by atoms with van der Waals surface area (Å²) in [5, 5.41) is 3.70. The maximum atomic E-state index is 13.3. The van der Waals surface area contributed by atoms with Crippen LogP contribution in [0.5, 0.6) is 0 Å². The summed E-state index contributed by atoms with van der Waals surface area (Å²) in [4.78, 5) is 0.429. The van der Waals surface area contributed by atoms with E-state index in [1.54, 1.807) is 10.4 Å². The number of hydrogen-bond acceptors (Lipinski definition) is 3. The Morgan fingerprint density at radius 1 is 1.07 bits per heavy atom. The van der Waals surface area contributed by atoms with Gasteiger partial charge in [-0.05, 0) is 72.6 Å². The standard InChI is InChI=1S/C24H27BrN2O2S/c1-16-11-13-27(14-12-16)30(28,29)19-9-10-23-22(15-19)20-3-2-4-21(20)24(26-23)17-5-7-18(25)8-6-17/h2-3,5-10,15-16,20-21,24,26H,4,11-14H2,1H3. The minimum absolute atomic E-state index is 0.219. The quantitative estimate of drug-likeness (QED) is 0.566. The molecule has 0 amide bonds. The minimum Gasteiger partial charge on any atom is -0.378 e. The van der Waals surface area contributed by atoms with Crippen LogP contribution in [0.3, 0.4) is 0 Å². The van der Waals surface area contributed by atoms with Crippen LogP contribution in [0.15, 0.2) is 64.0 Å². The first-order valence-corrected chi connectivity index (χ1v) is 13.0. The molecule has 0 saturated carbocycles. The van der Waals surface area contributed by atoms with Gasteiger partial charge in [-0.2, -0.15) is 4.31 Å². The van der Waals surface area contributed by atoms with Gasteiger partial charge in [0.15, 0.2) is 0 Å². The Bertz CT molecular complexity index is 1070. The van der Waals surface area contributed by atoms with Gasteiger partial charge in [-0.1, -0.05) is 47.1 Å². The van der Waals surface area contributed by atoms with E-state index in [1.165, 1.54) is 5.56 Å². The molecule has 1 fully saturated rings. The van der Waals surface area contributed by atoms with E-state index in [4.69, 9.17) is 0 Å². The highest BCUT2D eigenvalue weighted by molar-refractivity contribution is 9.10. The highest BCUT2D eigenvalue weighted by Gasteiger charge is 2.39. The van der Waals surface area contributed by atoms with Gasteiger partial charge in [0.1, 0.15) is 0 Å².